The zero-order chi connectivity index (χ0) is 19.2. The van der Waals surface area contributed by atoms with Gasteiger partial charge in [0.05, 0.1) is 21.4 Å². The smallest absolute Gasteiger partial charge is 0.0622 e. The first-order valence-corrected chi connectivity index (χ1v) is 10.4. The van der Waals surface area contributed by atoms with Crippen LogP contribution in [0.1, 0.15) is 12.8 Å². The van der Waals surface area contributed by atoms with Crippen molar-refractivity contribution >= 4 is 23.0 Å². The van der Waals surface area contributed by atoms with Crippen LogP contribution in [0, 0.1) is 15.8 Å². The first-order valence-electron chi connectivity index (χ1n) is 8.71. The second kappa shape index (κ2) is 8.90. The van der Waals surface area contributed by atoms with Crippen molar-refractivity contribution in [2.24, 2.45) is 7.05 Å². The van der Waals surface area contributed by atoms with E-state index in [0.717, 1.165) is 31.7 Å². The van der Waals surface area contributed by atoms with Crippen molar-refractivity contribution in [3.05, 3.63) is 71.5 Å². The van der Waals surface area contributed by atoms with E-state index in [0.29, 0.717) is 18.6 Å². The molecule has 0 aliphatic heterocycles. The molecule has 3 nitrogen and oxygen atoms in total. The van der Waals surface area contributed by atoms with Crippen LogP contribution in [0.4, 0.5) is 0 Å². The normalized spacial score (nSPS) is 11.7. The number of hydrogen-bond acceptors (Lipinski definition) is 3. The van der Waals surface area contributed by atoms with Crippen LogP contribution in [-0.2, 0) is 17.8 Å². The molecule has 1 heterocycles. The minimum atomic E-state index is -1.11. The summed E-state index contributed by atoms with van der Waals surface area (Å²) < 4.78 is 15.3. The summed E-state index contributed by atoms with van der Waals surface area (Å²) in [5, 5.41) is 8.66. The second-order valence-electron chi connectivity index (χ2n) is 6.29. The predicted octanol–water partition coefficient (Wildman–Crippen LogP) is 5.50. The Labute approximate surface area is 167 Å². The summed E-state index contributed by atoms with van der Waals surface area (Å²) in [7, 11) is 0.867. The Morgan fingerprint density at radius 2 is 1.70 bits per heavy atom. The SMILES string of the molecule is Cn1cc(-c2ccccc2)c(=S)c(-c2cccc(S(=O)CCCC#N)c2)c1. The molecule has 0 radical (unpaired) electrons. The van der Waals surface area contributed by atoms with Gasteiger partial charge in [0.15, 0.2) is 0 Å². The number of unbranched alkanes of at least 4 members (excludes halogenated alkanes) is 1. The quantitative estimate of drug-likeness (QED) is 0.411. The Kier molecular flexibility index (Phi) is 6.33. The number of hydrogen-bond donors (Lipinski definition) is 0. The highest BCUT2D eigenvalue weighted by molar-refractivity contribution is 7.85. The van der Waals surface area contributed by atoms with Gasteiger partial charge in [0.1, 0.15) is 0 Å². The van der Waals surface area contributed by atoms with Gasteiger partial charge in [-0.2, -0.15) is 5.26 Å². The van der Waals surface area contributed by atoms with Gasteiger partial charge in [0.25, 0.3) is 0 Å². The Balaban J connectivity index is 2.01. The largest absolute Gasteiger partial charge is 0.356 e. The number of rotatable bonds is 6. The summed E-state index contributed by atoms with van der Waals surface area (Å²) in [6.45, 7) is 0. The molecule has 1 atom stereocenters. The lowest BCUT2D eigenvalue weighted by Gasteiger charge is -2.12. The molecule has 3 aromatic rings. The van der Waals surface area contributed by atoms with Crippen molar-refractivity contribution in [2.45, 2.75) is 17.7 Å². The molecule has 3 rings (SSSR count). The molecule has 1 aromatic heterocycles. The van der Waals surface area contributed by atoms with Gasteiger partial charge in [-0.1, -0.05) is 54.7 Å². The maximum Gasteiger partial charge on any atom is 0.0622 e. The maximum atomic E-state index is 12.5. The zero-order valence-corrected chi connectivity index (χ0v) is 16.7. The number of benzene rings is 2. The first kappa shape index (κ1) is 19.2. The third-order valence-electron chi connectivity index (χ3n) is 4.27. The van der Waals surface area contributed by atoms with E-state index in [-0.39, 0.29) is 0 Å². The summed E-state index contributed by atoms with van der Waals surface area (Å²) in [5.74, 6) is 0.496. The molecule has 1 unspecified atom stereocenters. The van der Waals surface area contributed by atoms with Crippen molar-refractivity contribution in [1.29, 1.82) is 5.26 Å². The van der Waals surface area contributed by atoms with Crippen molar-refractivity contribution in [1.82, 2.24) is 4.57 Å². The Morgan fingerprint density at radius 3 is 2.41 bits per heavy atom. The van der Waals surface area contributed by atoms with Crippen LogP contribution in [0.15, 0.2) is 71.9 Å². The monoisotopic (exact) mass is 392 g/mol. The standard InChI is InChI=1S/C22H20N2OS2/c1-24-15-20(17-8-3-2-4-9-17)22(26)21(16-24)18-10-7-11-19(14-18)27(25)13-6-5-12-23/h2-4,7-11,14-16H,5-6,13H2,1H3. The van der Waals surface area contributed by atoms with E-state index in [1.165, 1.54) is 0 Å². The van der Waals surface area contributed by atoms with E-state index in [2.05, 4.69) is 18.2 Å². The average Bonchev–Trinajstić information content (AvgIpc) is 2.70. The van der Waals surface area contributed by atoms with Gasteiger partial charge in [0.2, 0.25) is 0 Å². The molecule has 2 aromatic carbocycles. The van der Waals surface area contributed by atoms with Crippen LogP contribution in [0.5, 0.6) is 0 Å². The number of nitrogens with zero attached hydrogens (tertiary/aromatic N) is 2. The number of pyridine rings is 1. The third kappa shape index (κ3) is 4.60. The number of aromatic nitrogens is 1. The van der Waals surface area contributed by atoms with Gasteiger partial charge in [-0.15, -0.1) is 0 Å². The first-order chi connectivity index (χ1) is 13.1. The van der Waals surface area contributed by atoms with Gasteiger partial charge in [-0.25, -0.2) is 0 Å². The van der Waals surface area contributed by atoms with E-state index in [1.54, 1.807) is 0 Å². The molecular weight excluding hydrogens is 372 g/mol. The molecule has 27 heavy (non-hydrogen) atoms. The topological polar surface area (TPSA) is 45.8 Å². The predicted molar refractivity (Wildman–Crippen MR) is 113 cm³/mol. The average molecular weight is 393 g/mol. The molecule has 0 aliphatic carbocycles. The minimum Gasteiger partial charge on any atom is -0.356 e. The van der Waals surface area contributed by atoms with Gasteiger partial charge < -0.3 is 4.57 Å². The van der Waals surface area contributed by atoms with Crippen molar-refractivity contribution in [2.75, 3.05) is 5.75 Å². The molecule has 0 spiro atoms. The molecule has 0 aliphatic rings. The van der Waals surface area contributed by atoms with Crippen LogP contribution in [0.2, 0.25) is 0 Å². The number of nitriles is 1. The van der Waals surface area contributed by atoms with E-state index in [9.17, 15) is 4.21 Å². The molecule has 0 saturated heterocycles. The summed E-state index contributed by atoms with van der Waals surface area (Å²) in [6, 6.07) is 19.9. The van der Waals surface area contributed by atoms with E-state index < -0.39 is 10.8 Å². The van der Waals surface area contributed by atoms with Crippen LogP contribution in [-0.4, -0.2) is 14.5 Å². The molecular formula is C22H20N2OS2. The Morgan fingerprint density at radius 1 is 1.04 bits per heavy atom. The highest BCUT2D eigenvalue weighted by Gasteiger charge is 2.10. The number of aryl methyl sites for hydroxylation is 1. The lowest BCUT2D eigenvalue weighted by Crippen LogP contribution is -1.99. The van der Waals surface area contributed by atoms with Crippen molar-refractivity contribution in [3.63, 3.8) is 0 Å². The molecule has 0 saturated carbocycles. The summed E-state index contributed by atoms with van der Waals surface area (Å²) in [5.41, 5.74) is 3.99. The van der Waals surface area contributed by atoms with E-state index >= 15 is 0 Å². The van der Waals surface area contributed by atoms with Crippen LogP contribution >= 0.6 is 12.2 Å². The lowest BCUT2D eigenvalue weighted by molar-refractivity contribution is 0.681. The summed E-state index contributed by atoms with van der Waals surface area (Å²) in [6.07, 6.45) is 5.10. The van der Waals surface area contributed by atoms with E-state index in [4.69, 9.17) is 17.5 Å². The fourth-order valence-corrected chi connectivity index (χ4v) is 4.41. The molecule has 0 N–H and O–H groups in total. The van der Waals surface area contributed by atoms with Gasteiger partial charge >= 0.3 is 0 Å². The van der Waals surface area contributed by atoms with Crippen LogP contribution < -0.4 is 0 Å². The van der Waals surface area contributed by atoms with E-state index in [1.807, 2.05) is 66.5 Å². The van der Waals surface area contributed by atoms with Crippen molar-refractivity contribution in [3.8, 4) is 28.3 Å². The Bertz CT molecular complexity index is 1070. The van der Waals surface area contributed by atoms with Gasteiger partial charge in [-0.05, 0) is 29.7 Å². The summed E-state index contributed by atoms with van der Waals surface area (Å²) >= 11 is 5.79. The molecule has 0 fully saturated rings. The molecule has 5 heteroatoms. The maximum absolute atomic E-state index is 12.5. The minimum absolute atomic E-state index is 0.427. The zero-order valence-electron chi connectivity index (χ0n) is 15.1. The third-order valence-corrected chi connectivity index (χ3v) is 6.14. The second-order valence-corrected chi connectivity index (χ2v) is 8.26. The van der Waals surface area contributed by atoms with Crippen LogP contribution in [0.25, 0.3) is 22.3 Å². The highest BCUT2D eigenvalue weighted by Crippen LogP contribution is 2.29. The fourth-order valence-electron chi connectivity index (χ4n) is 2.94. The lowest BCUT2D eigenvalue weighted by atomic mass is 10.0. The molecule has 0 bridgehead atoms. The fraction of sp³-hybridized carbons (Fsp3) is 0.182. The highest BCUT2D eigenvalue weighted by atomic mass is 32.2. The van der Waals surface area contributed by atoms with Crippen LogP contribution in [0.3, 0.4) is 0 Å². The summed E-state index contributed by atoms with van der Waals surface area (Å²) in [4.78, 5) is 0.771. The van der Waals surface area contributed by atoms with Gasteiger partial charge in [0, 0.05) is 47.6 Å². The Hall–Kier alpha value is -2.55. The molecule has 0 amide bonds. The van der Waals surface area contributed by atoms with Gasteiger partial charge in [-0.3, -0.25) is 4.21 Å². The molecule has 136 valence electrons. The van der Waals surface area contributed by atoms with Crippen molar-refractivity contribution < 1.29 is 4.21 Å².